The number of hydrogen-bond donors (Lipinski definition) is 3. The molecule has 67 heavy (non-hydrogen) atoms. The minimum atomic E-state index is -0.881. The number of hydrogen-bond acceptors (Lipinski definition) is 3. The van der Waals surface area contributed by atoms with E-state index in [-0.39, 0.29) is 12.5 Å². The summed E-state index contributed by atoms with van der Waals surface area (Å²) in [6.07, 6.45) is 88.8. The zero-order valence-corrected chi connectivity index (χ0v) is 43.6. The average molecular weight is 925 g/mol. The molecule has 0 aliphatic carbocycles. The van der Waals surface area contributed by atoms with Crippen molar-refractivity contribution in [2.45, 2.75) is 251 Å². The molecule has 0 aromatic carbocycles. The molecule has 3 N–H and O–H groups in total. The number of unbranched alkanes of at least 4 members (excludes halogenated alkanes) is 22. The van der Waals surface area contributed by atoms with Crippen molar-refractivity contribution in [1.29, 1.82) is 0 Å². The first-order valence-corrected chi connectivity index (χ1v) is 27.9. The van der Waals surface area contributed by atoms with Crippen molar-refractivity contribution in [2.24, 2.45) is 0 Å². The Kier molecular flexibility index (Phi) is 53.9. The van der Waals surface area contributed by atoms with Gasteiger partial charge in [-0.3, -0.25) is 4.79 Å². The molecule has 0 rings (SSSR count). The average Bonchev–Trinajstić information content (AvgIpc) is 3.33. The zero-order valence-electron chi connectivity index (χ0n) is 43.6. The molecule has 0 radical (unpaired) electrons. The monoisotopic (exact) mass is 924 g/mol. The van der Waals surface area contributed by atoms with E-state index in [1.54, 1.807) is 6.08 Å². The van der Waals surface area contributed by atoms with Crippen molar-refractivity contribution < 1.29 is 15.0 Å². The van der Waals surface area contributed by atoms with Crippen LogP contribution in [0.4, 0.5) is 0 Å². The molecule has 0 aliphatic rings. The van der Waals surface area contributed by atoms with Crippen LogP contribution in [0.15, 0.2) is 134 Å². The summed E-state index contributed by atoms with van der Waals surface area (Å²) in [7, 11) is 0. The van der Waals surface area contributed by atoms with Crippen LogP contribution in [0.2, 0.25) is 0 Å². The Morgan fingerprint density at radius 1 is 0.373 bits per heavy atom. The molecule has 0 fully saturated rings. The van der Waals surface area contributed by atoms with Gasteiger partial charge in [0.15, 0.2) is 0 Å². The first-order chi connectivity index (χ1) is 33.2. The lowest BCUT2D eigenvalue weighted by atomic mass is 10.0. The van der Waals surface area contributed by atoms with E-state index in [9.17, 15) is 15.0 Å². The third kappa shape index (κ3) is 53.4. The van der Waals surface area contributed by atoms with Gasteiger partial charge >= 0.3 is 0 Å². The lowest BCUT2D eigenvalue weighted by Crippen LogP contribution is -2.45. The lowest BCUT2D eigenvalue weighted by molar-refractivity contribution is -0.123. The minimum Gasteiger partial charge on any atom is -0.394 e. The first kappa shape index (κ1) is 63.5. The zero-order chi connectivity index (χ0) is 48.5. The molecular formula is C63H105NO3. The molecular weight excluding hydrogens is 819 g/mol. The summed E-state index contributed by atoms with van der Waals surface area (Å²) in [6, 6.07) is -0.661. The van der Waals surface area contributed by atoms with Gasteiger partial charge < -0.3 is 15.5 Å². The molecule has 2 atom stereocenters. The van der Waals surface area contributed by atoms with Crippen LogP contribution in [-0.4, -0.2) is 34.9 Å². The van der Waals surface area contributed by atoms with Crippen molar-refractivity contribution >= 4 is 5.91 Å². The molecule has 0 aliphatic heterocycles. The second-order valence-electron chi connectivity index (χ2n) is 18.3. The molecule has 0 aromatic rings. The summed E-state index contributed by atoms with van der Waals surface area (Å²) in [5.41, 5.74) is 0. The van der Waals surface area contributed by atoms with E-state index >= 15 is 0 Å². The SMILES string of the molecule is CC/C=C\C/C=C\C/C=C\C/C=C\C/C=C\C/C=C\C/C=C\C/C=C\C/C=C\CCCCCCCC(=O)NC(CO)C(O)/C=C/CC/C=C/CCCCCCCCCCCCCCCCCC. The van der Waals surface area contributed by atoms with Gasteiger partial charge in [-0.15, -0.1) is 0 Å². The van der Waals surface area contributed by atoms with E-state index in [2.05, 4.69) is 141 Å². The molecule has 2 unspecified atom stereocenters. The summed E-state index contributed by atoms with van der Waals surface area (Å²) >= 11 is 0. The van der Waals surface area contributed by atoms with E-state index in [0.717, 1.165) is 103 Å². The topological polar surface area (TPSA) is 69.6 Å². The highest BCUT2D eigenvalue weighted by atomic mass is 16.3. The molecule has 0 spiro atoms. The Hall–Kier alpha value is -3.47. The van der Waals surface area contributed by atoms with Crippen LogP contribution in [0.5, 0.6) is 0 Å². The number of aliphatic hydroxyl groups is 2. The van der Waals surface area contributed by atoms with Crippen LogP contribution in [0.25, 0.3) is 0 Å². The van der Waals surface area contributed by atoms with E-state index in [1.165, 1.54) is 116 Å². The fourth-order valence-corrected chi connectivity index (χ4v) is 7.66. The number of carbonyl (C=O) groups excluding carboxylic acids is 1. The smallest absolute Gasteiger partial charge is 0.220 e. The van der Waals surface area contributed by atoms with E-state index in [4.69, 9.17) is 0 Å². The van der Waals surface area contributed by atoms with Gasteiger partial charge in [-0.05, 0) is 103 Å². The Balaban J connectivity index is 3.69. The van der Waals surface area contributed by atoms with Crippen molar-refractivity contribution in [3.8, 4) is 0 Å². The van der Waals surface area contributed by atoms with Crippen molar-refractivity contribution in [1.82, 2.24) is 5.32 Å². The number of rotatable bonds is 49. The molecule has 4 heteroatoms. The predicted octanol–water partition coefficient (Wildman–Crippen LogP) is 18.6. The molecule has 0 saturated heterocycles. The largest absolute Gasteiger partial charge is 0.394 e. The summed E-state index contributed by atoms with van der Waals surface area (Å²) in [5, 5.41) is 23.1. The molecule has 0 saturated carbocycles. The summed E-state index contributed by atoms with van der Waals surface area (Å²) in [6.45, 7) is 4.18. The standard InChI is InChI=1S/C63H105NO3/c1-3-5-7-9-11-13-15-17-19-21-23-25-27-28-29-30-31-32-33-34-35-36-37-39-41-43-45-47-49-51-53-55-57-59-63(67)64-61(60-65)62(66)58-56-54-52-50-48-46-44-42-40-38-26-24-22-20-18-16-14-12-10-8-6-4-2/h5,7,11,13,17,19,23,25,28-29,31-32,34-35,37,39,43,45,48,50,56,58,61-62,65-66H,3-4,6,8-10,12,14-16,18,20-22,24,26-27,30,33,36,38,40-42,44,46-47,49,51-55,57,59-60H2,1-2H3,(H,64,67)/b7-5-,13-11-,19-17-,25-23-,29-28-,32-31-,35-34-,39-37-,45-43-,50-48+,58-56+. The fraction of sp³-hybridized carbons (Fsp3) is 0.635. The Morgan fingerprint density at radius 3 is 1.04 bits per heavy atom. The van der Waals surface area contributed by atoms with Crippen molar-refractivity contribution in [3.63, 3.8) is 0 Å². The van der Waals surface area contributed by atoms with E-state index in [1.807, 2.05) is 6.08 Å². The number of carbonyl (C=O) groups is 1. The van der Waals surface area contributed by atoms with Crippen LogP contribution < -0.4 is 5.32 Å². The maximum atomic E-state index is 12.5. The second-order valence-corrected chi connectivity index (χ2v) is 18.3. The third-order valence-corrected chi connectivity index (χ3v) is 11.9. The third-order valence-electron chi connectivity index (χ3n) is 11.9. The Labute approximate surface area is 415 Å². The quantitative estimate of drug-likeness (QED) is 0.0421. The molecule has 0 aromatic heterocycles. The van der Waals surface area contributed by atoms with Gasteiger partial charge in [0.25, 0.3) is 0 Å². The van der Waals surface area contributed by atoms with Crippen LogP contribution in [0.3, 0.4) is 0 Å². The van der Waals surface area contributed by atoms with Gasteiger partial charge in [0.05, 0.1) is 18.8 Å². The minimum absolute atomic E-state index is 0.0973. The summed E-state index contributed by atoms with van der Waals surface area (Å²) < 4.78 is 0. The number of allylic oxidation sites excluding steroid dienone is 21. The van der Waals surface area contributed by atoms with Gasteiger partial charge in [0, 0.05) is 6.42 Å². The number of aliphatic hydroxyl groups excluding tert-OH is 2. The van der Waals surface area contributed by atoms with Crippen LogP contribution in [0.1, 0.15) is 239 Å². The van der Waals surface area contributed by atoms with Crippen molar-refractivity contribution in [3.05, 3.63) is 134 Å². The van der Waals surface area contributed by atoms with Crippen LogP contribution in [0, 0.1) is 0 Å². The number of nitrogens with one attached hydrogen (secondary N) is 1. The first-order valence-electron chi connectivity index (χ1n) is 27.9. The molecule has 0 bridgehead atoms. The summed E-state index contributed by atoms with van der Waals surface area (Å²) in [5.74, 6) is -0.0973. The summed E-state index contributed by atoms with van der Waals surface area (Å²) in [4.78, 5) is 12.5. The van der Waals surface area contributed by atoms with Gasteiger partial charge in [-0.25, -0.2) is 0 Å². The van der Waals surface area contributed by atoms with Gasteiger partial charge in [0.2, 0.25) is 5.91 Å². The van der Waals surface area contributed by atoms with Gasteiger partial charge in [0.1, 0.15) is 0 Å². The van der Waals surface area contributed by atoms with Crippen LogP contribution >= 0.6 is 0 Å². The predicted molar refractivity (Wildman–Crippen MR) is 299 cm³/mol. The molecule has 380 valence electrons. The highest BCUT2D eigenvalue weighted by Gasteiger charge is 2.17. The molecule has 4 nitrogen and oxygen atoms in total. The Morgan fingerprint density at radius 2 is 0.672 bits per heavy atom. The van der Waals surface area contributed by atoms with Crippen molar-refractivity contribution in [2.75, 3.05) is 6.61 Å². The maximum Gasteiger partial charge on any atom is 0.220 e. The fourth-order valence-electron chi connectivity index (χ4n) is 7.66. The lowest BCUT2D eigenvalue weighted by Gasteiger charge is -2.19. The van der Waals surface area contributed by atoms with Gasteiger partial charge in [-0.2, -0.15) is 0 Å². The maximum absolute atomic E-state index is 12.5. The normalized spacial score (nSPS) is 13.9. The van der Waals surface area contributed by atoms with E-state index < -0.39 is 12.1 Å². The highest BCUT2D eigenvalue weighted by Crippen LogP contribution is 2.15. The Bertz CT molecular complexity index is 1370. The number of amides is 1. The van der Waals surface area contributed by atoms with E-state index in [0.29, 0.717) is 6.42 Å². The molecule has 1 amide bonds. The highest BCUT2D eigenvalue weighted by molar-refractivity contribution is 5.76. The van der Waals surface area contributed by atoms with Gasteiger partial charge in [-0.1, -0.05) is 263 Å². The second kappa shape index (κ2) is 56.9. The van der Waals surface area contributed by atoms with Crippen LogP contribution in [-0.2, 0) is 4.79 Å². The molecule has 0 heterocycles.